The smallest absolute Gasteiger partial charge is 0.223 e. The Hall–Kier alpha value is -7.90. The van der Waals surface area contributed by atoms with Crippen LogP contribution in [0.25, 0.3) is 105 Å². The Balaban J connectivity index is 1.06. The van der Waals surface area contributed by atoms with Gasteiger partial charge in [-0.15, -0.1) is 0 Å². The van der Waals surface area contributed by atoms with E-state index in [1.54, 1.807) is 0 Å². The molecule has 266 valence electrons. The number of hydrogen-bond donors (Lipinski definition) is 0. The third-order valence-corrected chi connectivity index (χ3v) is 11.7. The number of aromatic nitrogens is 7. The molecule has 57 heavy (non-hydrogen) atoms. The van der Waals surface area contributed by atoms with E-state index in [1.165, 1.54) is 32.6 Å². The van der Waals surface area contributed by atoms with Crippen molar-refractivity contribution in [1.29, 1.82) is 0 Å². The van der Waals surface area contributed by atoms with E-state index in [4.69, 9.17) is 9.97 Å². The topological polar surface area (TPSA) is 49.4 Å². The molecule has 7 heteroatoms. The van der Waals surface area contributed by atoms with Crippen molar-refractivity contribution >= 4 is 88.3 Å². The number of benzene rings is 8. The average Bonchev–Trinajstić information content (AvgIpc) is 4.00. The normalized spacial score (nSPS) is 12.2. The maximum atomic E-state index is 5.29. The molecule has 0 unspecified atom stereocenters. The van der Waals surface area contributed by atoms with Crippen molar-refractivity contribution in [2.24, 2.45) is 0 Å². The number of fused-ring (bicyclic) bond motifs is 15. The number of imidazole rings is 2. The van der Waals surface area contributed by atoms with Crippen LogP contribution in [-0.4, -0.2) is 32.5 Å². The maximum Gasteiger partial charge on any atom is 0.223 e. The molecular formula is C50H31N7. The summed E-state index contributed by atoms with van der Waals surface area (Å²) in [4.78, 5) is 10.6. The molecule has 5 aromatic heterocycles. The van der Waals surface area contributed by atoms with Crippen molar-refractivity contribution < 1.29 is 0 Å². The highest BCUT2D eigenvalue weighted by atomic mass is 15.3. The third-order valence-electron chi connectivity index (χ3n) is 11.7. The SMILES string of the molecule is c1ccc2c(c1)nc1n(-c3ccc(-n4c5ccccc5c5cc(-n6c7ccccc7c7ccccc76)ccc54)cc3)c3nc4ccccc4n3c3ccccc3n21. The van der Waals surface area contributed by atoms with E-state index >= 15 is 0 Å². The molecule has 0 bridgehead atoms. The first-order valence-corrected chi connectivity index (χ1v) is 19.3. The minimum absolute atomic E-state index is 0.792. The largest absolute Gasteiger partial charge is 0.309 e. The number of rotatable bonds is 3. The first kappa shape index (κ1) is 30.4. The molecule has 13 aromatic rings. The van der Waals surface area contributed by atoms with Crippen LogP contribution in [0.2, 0.25) is 0 Å². The molecule has 0 aliphatic carbocycles. The van der Waals surface area contributed by atoms with Crippen molar-refractivity contribution in [2.45, 2.75) is 0 Å². The summed E-state index contributed by atoms with van der Waals surface area (Å²) < 4.78 is 11.5. The quantitative estimate of drug-likeness (QED) is 0.182. The zero-order valence-corrected chi connectivity index (χ0v) is 30.5. The lowest BCUT2D eigenvalue weighted by atomic mass is 10.1. The highest BCUT2D eigenvalue weighted by molar-refractivity contribution is 6.12. The summed E-state index contributed by atoms with van der Waals surface area (Å²) in [5.41, 5.74) is 14.0. The predicted octanol–water partition coefficient (Wildman–Crippen LogP) is 12.0. The molecule has 8 aromatic carbocycles. The Morgan fingerprint density at radius 3 is 1.12 bits per heavy atom. The molecular weight excluding hydrogens is 699 g/mol. The lowest BCUT2D eigenvalue weighted by molar-refractivity contribution is 1.02. The van der Waals surface area contributed by atoms with Gasteiger partial charge in [0.25, 0.3) is 0 Å². The standard InChI is InChI=1S/C50H31N7/c1-6-18-41-35(13-1)36-14-2-7-19-42(36)54(41)34-29-30-44-38(31-34)37-15-3-8-20-43(37)53(44)32-25-27-33(28-26-32)55-49-51-39-16-4-9-21-45(39)56(49)47-23-11-12-24-48(47)57-46-22-10-5-17-40(46)52-50(55)57/h1-31H. The van der Waals surface area contributed by atoms with E-state index in [0.717, 1.165) is 72.8 Å². The van der Waals surface area contributed by atoms with Crippen LogP contribution in [0, 0.1) is 0 Å². The molecule has 5 heterocycles. The van der Waals surface area contributed by atoms with E-state index in [9.17, 15) is 0 Å². The van der Waals surface area contributed by atoms with Gasteiger partial charge in [-0.05, 0) is 97.1 Å². The van der Waals surface area contributed by atoms with Gasteiger partial charge in [-0.3, -0.25) is 8.80 Å². The van der Waals surface area contributed by atoms with Gasteiger partial charge in [0.05, 0.1) is 60.9 Å². The summed E-state index contributed by atoms with van der Waals surface area (Å²) in [5, 5.41) is 4.94. The fraction of sp³-hybridized carbons (Fsp3) is 0. The highest BCUT2D eigenvalue weighted by Gasteiger charge is 2.20. The summed E-state index contributed by atoms with van der Waals surface area (Å²) in [6.07, 6.45) is 0. The van der Waals surface area contributed by atoms with Crippen LogP contribution in [0.15, 0.2) is 188 Å². The summed E-state index contributed by atoms with van der Waals surface area (Å²) in [6.45, 7) is 0. The first-order valence-electron chi connectivity index (χ1n) is 19.3. The van der Waals surface area contributed by atoms with Crippen LogP contribution in [-0.2, 0) is 0 Å². The summed E-state index contributed by atoms with van der Waals surface area (Å²) in [5.74, 6) is 1.58. The van der Waals surface area contributed by atoms with E-state index < -0.39 is 0 Å². The van der Waals surface area contributed by atoms with Gasteiger partial charge in [0.1, 0.15) is 0 Å². The van der Waals surface area contributed by atoms with Gasteiger partial charge in [0.15, 0.2) is 0 Å². The fourth-order valence-electron chi connectivity index (χ4n) is 9.29. The zero-order valence-electron chi connectivity index (χ0n) is 30.5. The van der Waals surface area contributed by atoms with Crippen molar-refractivity contribution in [1.82, 2.24) is 32.5 Å². The van der Waals surface area contributed by atoms with Gasteiger partial charge in [-0.1, -0.05) is 91.0 Å². The van der Waals surface area contributed by atoms with Gasteiger partial charge in [-0.25, -0.2) is 14.5 Å². The van der Waals surface area contributed by atoms with Crippen LogP contribution in [0.4, 0.5) is 0 Å². The van der Waals surface area contributed by atoms with Crippen molar-refractivity contribution in [3.05, 3.63) is 188 Å². The van der Waals surface area contributed by atoms with Crippen LogP contribution < -0.4 is 0 Å². The Labute approximate surface area is 324 Å². The predicted molar refractivity (Wildman–Crippen MR) is 233 cm³/mol. The lowest BCUT2D eigenvalue weighted by Crippen LogP contribution is -2.03. The van der Waals surface area contributed by atoms with E-state index in [2.05, 4.69) is 198 Å². The van der Waals surface area contributed by atoms with Gasteiger partial charge < -0.3 is 9.13 Å². The molecule has 0 saturated heterocycles. The zero-order chi connectivity index (χ0) is 37.2. The minimum Gasteiger partial charge on any atom is -0.309 e. The van der Waals surface area contributed by atoms with Gasteiger partial charge in [-0.2, -0.15) is 0 Å². The molecule has 0 aliphatic heterocycles. The Bertz CT molecular complexity index is 3650. The first-order chi connectivity index (χ1) is 28.3. The Kier molecular flexibility index (Phi) is 6.04. The molecule has 0 aliphatic rings. The molecule has 0 radical (unpaired) electrons. The third kappa shape index (κ3) is 4.14. The molecule has 7 nitrogen and oxygen atoms in total. The average molecular weight is 730 g/mol. The van der Waals surface area contributed by atoms with E-state index in [-0.39, 0.29) is 0 Å². The number of para-hydroxylation sites is 9. The molecule has 13 rings (SSSR count). The van der Waals surface area contributed by atoms with Crippen molar-refractivity contribution in [3.63, 3.8) is 0 Å². The van der Waals surface area contributed by atoms with Crippen LogP contribution in [0.5, 0.6) is 0 Å². The van der Waals surface area contributed by atoms with Crippen LogP contribution in [0.1, 0.15) is 0 Å². The number of hydrogen-bond acceptors (Lipinski definition) is 2. The second-order valence-corrected chi connectivity index (χ2v) is 14.7. The summed E-state index contributed by atoms with van der Waals surface area (Å²) in [7, 11) is 0. The van der Waals surface area contributed by atoms with E-state index in [0.29, 0.717) is 0 Å². The van der Waals surface area contributed by atoms with E-state index in [1.807, 2.05) is 12.1 Å². The summed E-state index contributed by atoms with van der Waals surface area (Å²) >= 11 is 0. The Morgan fingerprint density at radius 2 is 0.614 bits per heavy atom. The highest BCUT2D eigenvalue weighted by Crippen LogP contribution is 2.37. The monoisotopic (exact) mass is 729 g/mol. The number of nitrogens with zero attached hydrogens (tertiary/aromatic N) is 7. The molecule has 0 amide bonds. The second-order valence-electron chi connectivity index (χ2n) is 14.7. The maximum absolute atomic E-state index is 5.29. The Morgan fingerprint density at radius 1 is 0.263 bits per heavy atom. The van der Waals surface area contributed by atoms with Crippen molar-refractivity contribution in [3.8, 4) is 17.1 Å². The molecule has 0 fully saturated rings. The van der Waals surface area contributed by atoms with Crippen molar-refractivity contribution in [2.75, 3.05) is 0 Å². The minimum atomic E-state index is 0.792. The molecule has 0 atom stereocenters. The lowest BCUT2D eigenvalue weighted by Gasteiger charge is -2.12. The molecule has 0 spiro atoms. The van der Waals surface area contributed by atoms with Crippen LogP contribution in [0.3, 0.4) is 0 Å². The fourth-order valence-corrected chi connectivity index (χ4v) is 9.29. The van der Waals surface area contributed by atoms with Crippen LogP contribution >= 0.6 is 0 Å². The molecule has 0 saturated carbocycles. The molecule has 0 N–H and O–H groups in total. The van der Waals surface area contributed by atoms with Gasteiger partial charge in [0, 0.05) is 32.9 Å². The summed E-state index contributed by atoms with van der Waals surface area (Å²) in [6, 6.07) is 67.1. The van der Waals surface area contributed by atoms with Gasteiger partial charge >= 0.3 is 0 Å². The second kappa shape index (κ2) is 11.3. The van der Waals surface area contributed by atoms with Gasteiger partial charge in [0.2, 0.25) is 11.6 Å².